The number of carboxylic acid groups (broad SMARTS) is 1. The number of hydrogen-bond donors (Lipinski definition) is 6. The highest BCUT2D eigenvalue weighted by molar-refractivity contribution is 7.98. The molecule has 3 amide bonds. The highest BCUT2D eigenvalue weighted by atomic mass is 32.2. The van der Waals surface area contributed by atoms with Crippen LogP contribution in [0.25, 0.3) is 0 Å². The molecule has 0 aliphatic rings. The second-order valence-electron chi connectivity index (χ2n) is 7.66. The van der Waals surface area contributed by atoms with Crippen LogP contribution in [0.2, 0.25) is 0 Å². The number of phenolic OH excluding ortho intramolecular Hbond substituents is 1. The number of carbonyl (C=O) groups excluding carboxylic acids is 3. The lowest BCUT2D eigenvalue weighted by Crippen LogP contribution is -2.57. The molecule has 0 aliphatic heterocycles. The first kappa shape index (κ1) is 27.2. The molecule has 0 heterocycles. The van der Waals surface area contributed by atoms with Gasteiger partial charge in [-0.1, -0.05) is 26.0 Å². The van der Waals surface area contributed by atoms with Crippen LogP contribution in [0.1, 0.15) is 25.8 Å². The zero-order valence-electron chi connectivity index (χ0n) is 18.5. The number of nitrogens with one attached hydrogen (secondary N) is 3. The molecule has 10 nitrogen and oxygen atoms in total. The van der Waals surface area contributed by atoms with Crippen LogP contribution in [0, 0.1) is 5.92 Å². The summed E-state index contributed by atoms with van der Waals surface area (Å²) in [6.45, 7) is 2.94. The summed E-state index contributed by atoms with van der Waals surface area (Å²) in [5.41, 5.74) is 6.74. The third kappa shape index (κ3) is 9.56. The van der Waals surface area contributed by atoms with Gasteiger partial charge in [-0.15, -0.1) is 0 Å². The van der Waals surface area contributed by atoms with Crippen LogP contribution in [0.5, 0.6) is 5.75 Å². The zero-order chi connectivity index (χ0) is 24.3. The maximum Gasteiger partial charge on any atom is 0.322 e. The Morgan fingerprint density at radius 2 is 1.66 bits per heavy atom. The minimum atomic E-state index is -1.19. The van der Waals surface area contributed by atoms with Crippen LogP contribution >= 0.6 is 11.8 Å². The first-order valence-corrected chi connectivity index (χ1v) is 11.6. The van der Waals surface area contributed by atoms with Gasteiger partial charge in [0.25, 0.3) is 0 Å². The molecule has 0 unspecified atom stereocenters. The van der Waals surface area contributed by atoms with E-state index in [1.54, 1.807) is 26.0 Å². The van der Waals surface area contributed by atoms with E-state index in [9.17, 15) is 24.3 Å². The summed E-state index contributed by atoms with van der Waals surface area (Å²) in [6, 6.07) is 3.51. The van der Waals surface area contributed by atoms with Gasteiger partial charge in [-0.05, 0) is 48.5 Å². The van der Waals surface area contributed by atoms with E-state index >= 15 is 0 Å². The van der Waals surface area contributed by atoms with E-state index in [-0.39, 0.29) is 18.1 Å². The lowest BCUT2D eigenvalue weighted by Gasteiger charge is -2.26. The average molecular weight is 469 g/mol. The van der Waals surface area contributed by atoms with E-state index in [0.717, 1.165) is 5.56 Å². The molecule has 11 heteroatoms. The van der Waals surface area contributed by atoms with Crippen LogP contribution in [0.4, 0.5) is 0 Å². The Morgan fingerprint density at radius 1 is 1.03 bits per heavy atom. The Morgan fingerprint density at radius 3 is 2.19 bits per heavy atom. The molecule has 7 N–H and O–H groups in total. The molecule has 0 saturated carbocycles. The van der Waals surface area contributed by atoms with Gasteiger partial charge in [-0.25, -0.2) is 0 Å². The van der Waals surface area contributed by atoms with Gasteiger partial charge >= 0.3 is 5.97 Å². The van der Waals surface area contributed by atoms with E-state index in [1.165, 1.54) is 23.9 Å². The molecule has 0 radical (unpaired) electrons. The first-order valence-electron chi connectivity index (χ1n) is 10.2. The van der Waals surface area contributed by atoms with Crippen molar-refractivity contribution in [3.63, 3.8) is 0 Å². The van der Waals surface area contributed by atoms with Gasteiger partial charge in [-0.3, -0.25) is 19.2 Å². The van der Waals surface area contributed by atoms with E-state index in [0.29, 0.717) is 12.2 Å². The van der Waals surface area contributed by atoms with Crippen LogP contribution in [0.15, 0.2) is 24.3 Å². The van der Waals surface area contributed by atoms with Crippen LogP contribution in [-0.4, -0.2) is 70.6 Å². The molecule has 0 bridgehead atoms. The van der Waals surface area contributed by atoms with Gasteiger partial charge in [0, 0.05) is 0 Å². The third-order valence-electron chi connectivity index (χ3n) is 4.63. The van der Waals surface area contributed by atoms with Gasteiger partial charge in [0.2, 0.25) is 17.7 Å². The largest absolute Gasteiger partial charge is 0.508 e. The van der Waals surface area contributed by atoms with Crippen LogP contribution in [0.3, 0.4) is 0 Å². The number of phenols is 1. The molecule has 0 saturated heterocycles. The first-order chi connectivity index (χ1) is 15.0. The fourth-order valence-electron chi connectivity index (χ4n) is 2.83. The molecule has 178 valence electrons. The maximum absolute atomic E-state index is 12.9. The van der Waals surface area contributed by atoms with Gasteiger partial charge in [-0.2, -0.15) is 11.8 Å². The Bertz CT molecular complexity index is 787. The van der Waals surface area contributed by atoms with Crippen molar-refractivity contribution in [3.05, 3.63) is 29.8 Å². The van der Waals surface area contributed by atoms with Crippen molar-refractivity contribution in [3.8, 4) is 5.75 Å². The number of rotatable bonds is 13. The van der Waals surface area contributed by atoms with E-state index in [1.807, 2.05) is 6.26 Å². The third-order valence-corrected chi connectivity index (χ3v) is 5.28. The van der Waals surface area contributed by atoms with E-state index < -0.39 is 48.4 Å². The SMILES string of the molecule is CSCC[C@H](NC(=O)[C@@H](NC(=O)[C@@H](N)Cc1ccc(O)cc1)C(C)C)C(=O)NCC(=O)O. The molecule has 1 aromatic carbocycles. The number of aliphatic carboxylic acids is 1. The van der Waals surface area contributed by atoms with Crippen molar-refractivity contribution < 1.29 is 29.4 Å². The number of thioether (sulfide) groups is 1. The lowest BCUT2D eigenvalue weighted by molar-refractivity contribution is -0.138. The maximum atomic E-state index is 12.9. The monoisotopic (exact) mass is 468 g/mol. The number of amides is 3. The number of nitrogens with two attached hydrogens (primary N) is 1. The van der Waals surface area contributed by atoms with Crippen molar-refractivity contribution in [1.29, 1.82) is 0 Å². The summed E-state index contributed by atoms with van der Waals surface area (Å²) >= 11 is 1.48. The quantitative estimate of drug-likeness (QED) is 0.232. The molecule has 0 aliphatic carbocycles. The second kappa shape index (κ2) is 13.6. The number of carbonyl (C=O) groups is 4. The topological polar surface area (TPSA) is 171 Å². The fraction of sp³-hybridized carbons (Fsp3) is 0.524. The Kier molecular flexibility index (Phi) is 11.6. The second-order valence-corrected chi connectivity index (χ2v) is 8.65. The summed E-state index contributed by atoms with van der Waals surface area (Å²) < 4.78 is 0. The predicted molar refractivity (Wildman–Crippen MR) is 122 cm³/mol. The summed E-state index contributed by atoms with van der Waals surface area (Å²) in [7, 11) is 0. The van der Waals surface area contributed by atoms with Gasteiger partial charge in [0.1, 0.15) is 24.4 Å². The Balaban J connectivity index is 2.80. The van der Waals surface area contributed by atoms with E-state index in [4.69, 9.17) is 10.8 Å². The van der Waals surface area contributed by atoms with Gasteiger partial charge in [0.15, 0.2) is 0 Å². The molecule has 32 heavy (non-hydrogen) atoms. The number of carboxylic acids is 1. The van der Waals surface area contributed by atoms with Crippen molar-refractivity contribution in [1.82, 2.24) is 16.0 Å². The number of benzene rings is 1. The molecule has 0 aromatic heterocycles. The van der Waals surface area contributed by atoms with Gasteiger partial charge < -0.3 is 31.9 Å². The highest BCUT2D eigenvalue weighted by Crippen LogP contribution is 2.11. The molecular formula is C21H32N4O6S. The highest BCUT2D eigenvalue weighted by Gasteiger charge is 2.30. The Hall–Kier alpha value is -2.79. The van der Waals surface area contributed by atoms with Crippen LogP contribution in [-0.2, 0) is 25.6 Å². The zero-order valence-corrected chi connectivity index (χ0v) is 19.3. The molecule has 0 spiro atoms. The molecule has 3 atom stereocenters. The molecule has 0 fully saturated rings. The Labute approximate surface area is 191 Å². The number of hydrogen-bond acceptors (Lipinski definition) is 7. The smallest absolute Gasteiger partial charge is 0.322 e. The number of aromatic hydroxyl groups is 1. The van der Waals surface area contributed by atoms with Crippen LogP contribution < -0.4 is 21.7 Å². The predicted octanol–water partition coefficient (Wildman–Crippen LogP) is -0.158. The minimum Gasteiger partial charge on any atom is -0.508 e. The van der Waals surface area contributed by atoms with E-state index in [2.05, 4.69) is 16.0 Å². The molecular weight excluding hydrogens is 436 g/mol. The standard InChI is InChI=1S/C21H32N4O6S/c1-12(2)18(25-19(29)15(22)10-13-4-6-14(26)7-5-13)21(31)24-16(8-9-32-3)20(30)23-11-17(27)28/h4-7,12,15-16,18,26H,8-11,22H2,1-3H3,(H,23,30)(H,24,31)(H,25,29)(H,27,28)/t15-,16-,18-/m0/s1. The van der Waals surface area contributed by atoms with Gasteiger partial charge in [0.05, 0.1) is 6.04 Å². The van der Waals surface area contributed by atoms with Crippen molar-refractivity contribution in [2.45, 2.75) is 44.8 Å². The molecule has 1 aromatic rings. The molecule has 1 rings (SSSR count). The summed E-state index contributed by atoms with van der Waals surface area (Å²) in [5.74, 6) is -2.49. The normalized spacial score (nSPS) is 13.7. The lowest BCUT2D eigenvalue weighted by atomic mass is 10.0. The average Bonchev–Trinajstić information content (AvgIpc) is 2.73. The summed E-state index contributed by atoms with van der Waals surface area (Å²) in [6.07, 6.45) is 2.37. The van der Waals surface area contributed by atoms with Crippen molar-refractivity contribution >= 4 is 35.5 Å². The summed E-state index contributed by atoms with van der Waals surface area (Å²) in [4.78, 5) is 48.5. The van der Waals surface area contributed by atoms with Crippen molar-refractivity contribution in [2.75, 3.05) is 18.6 Å². The van der Waals surface area contributed by atoms with Crippen molar-refractivity contribution in [2.24, 2.45) is 11.7 Å². The fourth-order valence-corrected chi connectivity index (χ4v) is 3.30. The minimum absolute atomic E-state index is 0.103. The summed E-state index contributed by atoms with van der Waals surface area (Å²) in [5, 5.41) is 25.6.